The molecule has 28 heavy (non-hydrogen) atoms. The molecule has 2 aliphatic heterocycles. The molecule has 0 radical (unpaired) electrons. The van der Waals surface area contributed by atoms with E-state index >= 15 is 0 Å². The fraction of sp³-hybridized carbons (Fsp3) is 0.650. The first-order valence-electron chi connectivity index (χ1n) is 9.95. The third kappa shape index (κ3) is 3.26. The number of nitrogens with zero attached hydrogens (tertiary/aromatic N) is 3. The predicted molar refractivity (Wildman–Crippen MR) is 96.8 cm³/mol. The van der Waals surface area contributed by atoms with Gasteiger partial charge in [-0.15, -0.1) is 0 Å². The molecule has 0 unspecified atom stereocenters. The minimum absolute atomic E-state index is 0.124. The third-order valence-electron chi connectivity index (χ3n) is 6.35. The van der Waals surface area contributed by atoms with Crippen molar-refractivity contribution in [3.05, 3.63) is 24.0 Å². The van der Waals surface area contributed by atoms with Crippen LogP contribution in [-0.2, 0) is 15.0 Å². The van der Waals surface area contributed by atoms with Crippen molar-refractivity contribution < 1.29 is 22.8 Å². The molecule has 3 aliphatic rings. The van der Waals surface area contributed by atoms with Gasteiger partial charge in [0.15, 0.2) is 0 Å². The van der Waals surface area contributed by atoms with Gasteiger partial charge in [0.1, 0.15) is 6.54 Å². The van der Waals surface area contributed by atoms with Gasteiger partial charge in [-0.25, -0.2) is 0 Å². The number of halogens is 3. The Morgan fingerprint density at radius 1 is 1.21 bits per heavy atom. The van der Waals surface area contributed by atoms with E-state index in [1.54, 1.807) is 18.3 Å². The Balaban J connectivity index is 1.56. The van der Waals surface area contributed by atoms with Crippen molar-refractivity contribution >= 4 is 17.5 Å². The second-order valence-corrected chi connectivity index (χ2v) is 8.11. The topological polar surface area (TPSA) is 53.5 Å². The first kappa shape index (κ1) is 19.2. The fourth-order valence-electron chi connectivity index (χ4n) is 5.08. The van der Waals surface area contributed by atoms with E-state index in [1.165, 1.54) is 9.80 Å². The van der Waals surface area contributed by atoms with Crippen LogP contribution in [0.15, 0.2) is 18.3 Å². The van der Waals surface area contributed by atoms with Gasteiger partial charge in [-0.2, -0.15) is 13.2 Å². The molecule has 3 heterocycles. The zero-order valence-corrected chi connectivity index (χ0v) is 15.7. The number of aromatic nitrogens is 1. The van der Waals surface area contributed by atoms with Gasteiger partial charge in [0.05, 0.1) is 23.2 Å². The van der Waals surface area contributed by atoms with Crippen LogP contribution in [0.4, 0.5) is 18.9 Å². The molecule has 8 heteroatoms. The number of carbonyl (C=O) groups is 2. The van der Waals surface area contributed by atoms with Crippen LogP contribution in [0.5, 0.6) is 0 Å². The summed E-state index contributed by atoms with van der Waals surface area (Å²) in [4.78, 5) is 33.4. The molecule has 0 N–H and O–H groups in total. The van der Waals surface area contributed by atoms with E-state index in [1.807, 2.05) is 0 Å². The Bertz CT molecular complexity index is 774. The molecule has 1 aromatic heterocycles. The highest BCUT2D eigenvalue weighted by atomic mass is 19.4. The number of hydrogen-bond donors (Lipinski definition) is 0. The summed E-state index contributed by atoms with van der Waals surface area (Å²) in [5, 5.41) is 0. The van der Waals surface area contributed by atoms with E-state index in [0.29, 0.717) is 37.9 Å². The molecule has 2 amide bonds. The number of anilines is 1. The van der Waals surface area contributed by atoms with E-state index in [4.69, 9.17) is 0 Å². The quantitative estimate of drug-likeness (QED) is 0.786. The van der Waals surface area contributed by atoms with Crippen LogP contribution in [0.1, 0.15) is 57.1 Å². The molecular weight excluding hydrogens is 371 g/mol. The summed E-state index contributed by atoms with van der Waals surface area (Å²) in [5.41, 5.74) is 0.681. The second-order valence-electron chi connectivity index (χ2n) is 8.11. The molecule has 1 atom stereocenters. The Morgan fingerprint density at radius 2 is 1.96 bits per heavy atom. The van der Waals surface area contributed by atoms with E-state index in [2.05, 4.69) is 4.98 Å². The number of likely N-dealkylation sites (tertiary alicyclic amines) is 1. The summed E-state index contributed by atoms with van der Waals surface area (Å²) in [6.45, 7) is 0.0975. The highest BCUT2D eigenvalue weighted by Gasteiger charge is 2.53. The number of rotatable bonds is 3. The van der Waals surface area contributed by atoms with Crippen LogP contribution in [-0.4, -0.2) is 47.0 Å². The van der Waals surface area contributed by atoms with Gasteiger partial charge in [0.25, 0.3) is 0 Å². The van der Waals surface area contributed by atoms with Crippen molar-refractivity contribution in [1.29, 1.82) is 0 Å². The number of hydrogen-bond acceptors (Lipinski definition) is 3. The van der Waals surface area contributed by atoms with Crippen molar-refractivity contribution in [2.45, 2.75) is 69.0 Å². The van der Waals surface area contributed by atoms with Crippen LogP contribution in [0.25, 0.3) is 0 Å². The van der Waals surface area contributed by atoms with Crippen molar-refractivity contribution in [3.63, 3.8) is 0 Å². The molecule has 1 spiro atoms. The van der Waals surface area contributed by atoms with Gasteiger partial charge < -0.3 is 9.80 Å². The lowest BCUT2D eigenvalue weighted by atomic mass is 9.72. The highest BCUT2D eigenvalue weighted by Crippen LogP contribution is 2.49. The molecule has 1 aliphatic carbocycles. The van der Waals surface area contributed by atoms with Crippen LogP contribution in [0, 0.1) is 0 Å². The van der Waals surface area contributed by atoms with E-state index in [9.17, 15) is 22.8 Å². The number of alkyl halides is 3. The van der Waals surface area contributed by atoms with Crippen molar-refractivity contribution in [2.24, 2.45) is 0 Å². The zero-order valence-electron chi connectivity index (χ0n) is 15.7. The molecular formula is C20H24F3N3O2. The number of pyridine rings is 1. The molecule has 2 fully saturated rings. The fourth-order valence-corrected chi connectivity index (χ4v) is 5.08. The largest absolute Gasteiger partial charge is 0.391 e. The standard InChI is InChI=1S/C20H24F3N3O2/c21-20(22,23)12-14-6-5-11-25(14)16(27)13-26-15-7-4-10-24-17(15)19(18(26)28)8-2-1-3-9-19/h4,7,10,14H,1-3,5-6,8-9,11-13H2/t14-/m1/s1. The number of carbonyl (C=O) groups excluding carboxylic acids is 2. The minimum atomic E-state index is -4.31. The summed E-state index contributed by atoms with van der Waals surface area (Å²) in [6.07, 6.45) is 1.63. The maximum Gasteiger partial charge on any atom is 0.391 e. The van der Waals surface area contributed by atoms with Crippen molar-refractivity contribution in [2.75, 3.05) is 18.0 Å². The summed E-state index contributed by atoms with van der Waals surface area (Å²) in [5.74, 6) is -0.538. The molecule has 4 rings (SSSR count). The Hall–Kier alpha value is -2.12. The number of amides is 2. The zero-order chi connectivity index (χ0) is 19.9. The maximum absolute atomic E-state index is 13.3. The first-order valence-corrected chi connectivity index (χ1v) is 9.95. The summed E-state index contributed by atoms with van der Waals surface area (Å²) < 4.78 is 38.5. The van der Waals surface area contributed by atoms with Gasteiger partial charge in [0.2, 0.25) is 11.8 Å². The molecule has 0 aromatic carbocycles. The molecule has 1 saturated heterocycles. The van der Waals surface area contributed by atoms with E-state index in [0.717, 1.165) is 25.0 Å². The molecule has 1 aromatic rings. The lowest BCUT2D eigenvalue weighted by molar-refractivity contribution is -0.151. The smallest absolute Gasteiger partial charge is 0.338 e. The molecule has 152 valence electrons. The molecule has 1 saturated carbocycles. The molecule has 0 bridgehead atoms. The molecule has 5 nitrogen and oxygen atoms in total. The monoisotopic (exact) mass is 395 g/mol. The van der Waals surface area contributed by atoms with E-state index < -0.39 is 30.0 Å². The highest BCUT2D eigenvalue weighted by molar-refractivity contribution is 6.10. The Kier molecular flexibility index (Phi) is 4.83. The van der Waals surface area contributed by atoms with Crippen LogP contribution >= 0.6 is 0 Å². The average molecular weight is 395 g/mol. The van der Waals surface area contributed by atoms with Gasteiger partial charge in [-0.05, 0) is 37.8 Å². The lowest BCUT2D eigenvalue weighted by Crippen LogP contribution is -2.48. The lowest BCUT2D eigenvalue weighted by Gasteiger charge is -2.32. The third-order valence-corrected chi connectivity index (χ3v) is 6.35. The van der Waals surface area contributed by atoms with E-state index in [-0.39, 0.29) is 12.5 Å². The van der Waals surface area contributed by atoms with Gasteiger partial charge in [0, 0.05) is 18.8 Å². The van der Waals surface area contributed by atoms with Gasteiger partial charge >= 0.3 is 6.18 Å². The van der Waals surface area contributed by atoms with Gasteiger partial charge in [-0.3, -0.25) is 14.6 Å². The van der Waals surface area contributed by atoms with Crippen LogP contribution < -0.4 is 4.90 Å². The van der Waals surface area contributed by atoms with Gasteiger partial charge in [-0.1, -0.05) is 19.3 Å². The minimum Gasteiger partial charge on any atom is -0.338 e. The average Bonchev–Trinajstić information content (AvgIpc) is 3.19. The van der Waals surface area contributed by atoms with Crippen molar-refractivity contribution in [1.82, 2.24) is 9.88 Å². The van der Waals surface area contributed by atoms with Crippen molar-refractivity contribution in [3.8, 4) is 0 Å². The second kappa shape index (κ2) is 7.04. The maximum atomic E-state index is 13.3. The van der Waals surface area contributed by atoms with Crippen LogP contribution in [0.3, 0.4) is 0 Å². The normalized spacial score (nSPS) is 24.1. The summed E-state index contributed by atoms with van der Waals surface area (Å²) in [7, 11) is 0. The predicted octanol–water partition coefficient (Wildman–Crippen LogP) is 3.57. The number of fused-ring (bicyclic) bond motifs is 2. The summed E-state index contributed by atoms with van der Waals surface area (Å²) >= 11 is 0. The first-order chi connectivity index (χ1) is 13.3. The summed E-state index contributed by atoms with van der Waals surface area (Å²) in [6, 6.07) is 2.68. The Morgan fingerprint density at radius 3 is 2.68 bits per heavy atom. The van der Waals surface area contributed by atoms with Crippen LogP contribution in [0.2, 0.25) is 0 Å². The Labute approximate surface area is 161 Å². The SMILES string of the molecule is O=C(CN1C(=O)C2(CCCCC2)c2ncccc21)N1CCC[C@@H]1CC(F)(F)F.